The number of hydrogen-bond acceptors (Lipinski definition) is 4. The summed E-state index contributed by atoms with van der Waals surface area (Å²) in [5.74, 6) is 0.342. The molecular weight excluding hydrogens is 277 g/mol. The topological polar surface area (TPSA) is 68.0 Å². The van der Waals surface area contributed by atoms with Gasteiger partial charge < -0.3 is 9.84 Å². The number of halogens is 2. The predicted molar refractivity (Wildman–Crippen MR) is 66.7 cm³/mol. The molecule has 2 rings (SSSR count). The van der Waals surface area contributed by atoms with Crippen molar-refractivity contribution in [1.82, 2.24) is 15.5 Å². The van der Waals surface area contributed by atoms with Crippen molar-refractivity contribution in [3.05, 3.63) is 45.5 Å². The van der Waals surface area contributed by atoms with E-state index in [-0.39, 0.29) is 28.2 Å². The lowest BCUT2D eigenvalue weighted by atomic mass is 10.2. The molecule has 2 heterocycles. The second-order valence-corrected chi connectivity index (χ2v) is 4.39. The Hall–Kier alpha value is -1.59. The summed E-state index contributed by atoms with van der Waals surface area (Å²) >= 11 is 11.6. The monoisotopic (exact) mass is 285 g/mol. The molecule has 5 nitrogen and oxygen atoms in total. The summed E-state index contributed by atoms with van der Waals surface area (Å²) in [6.45, 7) is 2.03. The van der Waals surface area contributed by atoms with E-state index < -0.39 is 0 Å². The Morgan fingerprint density at radius 1 is 1.44 bits per heavy atom. The highest BCUT2D eigenvalue weighted by Crippen LogP contribution is 2.18. The van der Waals surface area contributed by atoms with Gasteiger partial charge in [0, 0.05) is 12.3 Å². The summed E-state index contributed by atoms with van der Waals surface area (Å²) in [6, 6.07) is 3.15. The first-order valence-electron chi connectivity index (χ1n) is 5.07. The molecule has 0 saturated heterocycles. The Bertz CT molecular complexity index is 583. The molecule has 0 bridgehead atoms. The van der Waals surface area contributed by atoms with Gasteiger partial charge in [-0.25, -0.2) is 4.98 Å². The van der Waals surface area contributed by atoms with Crippen molar-refractivity contribution < 1.29 is 9.32 Å². The van der Waals surface area contributed by atoms with E-state index in [1.807, 2.05) is 0 Å². The van der Waals surface area contributed by atoms with Crippen molar-refractivity contribution in [2.45, 2.75) is 13.5 Å². The molecule has 1 N–H and O–H groups in total. The summed E-state index contributed by atoms with van der Waals surface area (Å²) in [4.78, 5) is 15.6. The van der Waals surface area contributed by atoms with E-state index in [9.17, 15) is 4.79 Å². The fourth-order valence-corrected chi connectivity index (χ4v) is 1.70. The highest BCUT2D eigenvalue weighted by molar-refractivity contribution is 6.35. The molecule has 0 radical (unpaired) electrons. The molecule has 0 aliphatic carbocycles. The van der Waals surface area contributed by atoms with E-state index in [1.54, 1.807) is 13.0 Å². The fraction of sp³-hybridized carbons (Fsp3) is 0.182. The van der Waals surface area contributed by atoms with Gasteiger partial charge in [0.1, 0.15) is 16.6 Å². The first kappa shape index (κ1) is 12.9. The minimum absolute atomic E-state index is 0.210. The first-order valence-corrected chi connectivity index (χ1v) is 5.83. The van der Waals surface area contributed by atoms with Gasteiger partial charge in [-0.15, -0.1) is 0 Å². The third-order valence-electron chi connectivity index (χ3n) is 2.17. The van der Waals surface area contributed by atoms with Crippen molar-refractivity contribution in [3.8, 4) is 0 Å². The van der Waals surface area contributed by atoms with Gasteiger partial charge in [0.2, 0.25) is 0 Å². The Labute approximate surface area is 113 Å². The van der Waals surface area contributed by atoms with Crippen LogP contribution in [0.1, 0.15) is 21.8 Å². The van der Waals surface area contributed by atoms with Gasteiger partial charge in [0.25, 0.3) is 5.91 Å². The van der Waals surface area contributed by atoms with E-state index in [2.05, 4.69) is 15.5 Å². The SMILES string of the molecule is Cc1cc(CNC(=O)c2cc(Cl)ncc2Cl)no1. The number of pyridine rings is 1. The van der Waals surface area contributed by atoms with Crippen LogP contribution < -0.4 is 5.32 Å². The molecule has 0 aromatic carbocycles. The Balaban J connectivity index is 2.05. The number of hydrogen-bond donors (Lipinski definition) is 1. The zero-order valence-corrected chi connectivity index (χ0v) is 10.9. The van der Waals surface area contributed by atoms with Crippen LogP contribution in [0.15, 0.2) is 22.9 Å². The summed E-state index contributed by atoms with van der Waals surface area (Å²) < 4.78 is 4.89. The number of amides is 1. The number of carbonyl (C=O) groups excluding carboxylic acids is 1. The van der Waals surface area contributed by atoms with Crippen molar-refractivity contribution >= 4 is 29.1 Å². The summed E-state index contributed by atoms with van der Waals surface area (Å²) in [5, 5.41) is 6.88. The average Bonchev–Trinajstić information content (AvgIpc) is 2.75. The zero-order chi connectivity index (χ0) is 13.1. The second kappa shape index (κ2) is 5.37. The fourth-order valence-electron chi connectivity index (χ4n) is 1.35. The Morgan fingerprint density at radius 3 is 2.89 bits per heavy atom. The van der Waals surface area contributed by atoms with Gasteiger partial charge in [0.05, 0.1) is 17.1 Å². The highest BCUT2D eigenvalue weighted by Gasteiger charge is 2.12. The minimum atomic E-state index is -0.343. The highest BCUT2D eigenvalue weighted by atomic mass is 35.5. The second-order valence-electron chi connectivity index (χ2n) is 3.60. The molecule has 0 aliphatic heterocycles. The van der Waals surface area contributed by atoms with Crippen molar-refractivity contribution in [1.29, 1.82) is 0 Å². The molecule has 0 atom stereocenters. The molecule has 0 aliphatic rings. The van der Waals surface area contributed by atoms with Crippen LogP contribution in [0.4, 0.5) is 0 Å². The maximum Gasteiger partial charge on any atom is 0.253 e. The average molecular weight is 286 g/mol. The molecule has 0 unspecified atom stereocenters. The van der Waals surface area contributed by atoms with E-state index >= 15 is 0 Å². The first-order chi connectivity index (χ1) is 8.56. The molecule has 2 aromatic heterocycles. The van der Waals surface area contributed by atoms with Crippen LogP contribution in [0.3, 0.4) is 0 Å². The number of rotatable bonds is 3. The summed E-state index contributed by atoms with van der Waals surface area (Å²) in [7, 11) is 0. The van der Waals surface area contributed by atoms with Crippen LogP contribution >= 0.6 is 23.2 Å². The number of nitrogens with one attached hydrogen (secondary N) is 1. The predicted octanol–water partition coefficient (Wildman–Crippen LogP) is 2.61. The molecule has 2 aromatic rings. The summed E-state index contributed by atoms with van der Waals surface area (Å²) in [6.07, 6.45) is 1.33. The number of nitrogens with zero attached hydrogens (tertiary/aromatic N) is 2. The zero-order valence-electron chi connectivity index (χ0n) is 9.41. The van der Waals surface area contributed by atoms with Crippen LogP contribution in [0.25, 0.3) is 0 Å². The normalized spacial score (nSPS) is 10.4. The van der Waals surface area contributed by atoms with Gasteiger partial charge >= 0.3 is 0 Å². The third-order valence-corrected chi connectivity index (χ3v) is 2.68. The Morgan fingerprint density at radius 2 is 2.22 bits per heavy atom. The van der Waals surface area contributed by atoms with Gasteiger partial charge in [-0.3, -0.25) is 4.79 Å². The minimum Gasteiger partial charge on any atom is -0.361 e. The molecular formula is C11H9Cl2N3O2. The number of aromatic nitrogens is 2. The standard InChI is InChI=1S/C11H9Cl2N3O2/c1-6-2-7(16-18-6)4-15-11(17)8-3-10(13)14-5-9(8)12/h2-3,5H,4H2,1H3,(H,15,17). The van der Waals surface area contributed by atoms with Gasteiger partial charge in [0.15, 0.2) is 0 Å². The molecule has 18 heavy (non-hydrogen) atoms. The van der Waals surface area contributed by atoms with E-state index in [4.69, 9.17) is 27.7 Å². The molecule has 94 valence electrons. The van der Waals surface area contributed by atoms with Crippen LogP contribution in [0.5, 0.6) is 0 Å². The van der Waals surface area contributed by atoms with Crippen LogP contribution in [-0.2, 0) is 6.54 Å². The van der Waals surface area contributed by atoms with Crippen molar-refractivity contribution in [2.75, 3.05) is 0 Å². The van der Waals surface area contributed by atoms with Gasteiger partial charge in [-0.1, -0.05) is 28.4 Å². The maximum absolute atomic E-state index is 11.9. The largest absolute Gasteiger partial charge is 0.361 e. The molecule has 0 spiro atoms. The molecule has 1 amide bonds. The lowest BCUT2D eigenvalue weighted by Gasteiger charge is -2.04. The van der Waals surface area contributed by atoms with E-state index in [0.717, 1.165) is 0 Å². The smallest absolute Gasteiger partial charge is 0.253 e. The molecule has 0 fully saturated rings. The lowest BCUT2D eigenvalue weighted by molar-refractivity contribution is 0.0950. The maximum atomic E-state index is 11.9. The van der Waals surface area contributed by atoms with E-state index in [0.29, 0.717) is 11.5 Å². The molecule has 0 saturated carbocycles. The van der Waals surface area contributed by atoms with Crippen molar-refractivity contribution in [2.24, 2.45) is 0 Å². The Kier molecular flexibility index (Phi) is 3.84. The summed E-state index contributed by atoms with van der Waals surface area (Å²) in [5.41, 5.74) is 0.911. The lowest BCUT2D eigenvalue weighted by Crippen LogP contribution is -2.23. The molecule has 7 heteroatoms. The van der Waals surface area contributed by atoms with Crippen LogP contribution in [-0.4, -0.2) is 16.0 Å². The quantitative estimate of drug-likeness (QED) is 0.881. The number of aryl methyl sites for hydroxylation is 1. The van der Waals surface area contributed by atoms with Gasteiger partial charge in [-0.05, 0) is 13.0 Å². The van der Waals surface area contributed by atoms with Gasteiger partial charge in [-0.2, -0.15) is 0 Å². The van der Waals surface area contributed by atoms with E-state index in [1.165, 1.54) is 12.3 Å². The third kappa shape index (κ3) is 3.00. The number of carbonyl (C=O) groups is 1. The van der Waals surface area contributed by atoms with Crippen molar-refractivity contribution in [3.63, 3.8) is 0 Å². The van der Waals surface area contributed by atoms with Crippen LogP contribution in [0.2, 0.25) is 10.2 Å². The van der Waals surface area contributed by atoms with Crippen LogP contribution in [0, 0.1) is 6.92 Å².